The molecular weight excluding hydrogens is 454 g/mol. The summed E-state index contributed by atoms with van der Waals surface area (Å²) in [5.41, 5.74) is 2.76. The van der Waals surface area contributed by atoms with Crippen molar-refractivity contribution in [3.05, 3.63) is 88.5 Å². The van der Waals surface area contributed by atoms with Crippen molar-refractivity contribution in [2.75, 3.05) is 18.2 Å². The fraction of sp³-hybridized carbons (Fsp3) is 0.125. The van der Waals surface area contributed by atoms with E-state index < -0.39 is 4.92 Å². The number of benzene rings is 3. The number of nitro groups is 1. The first kappa shape index (κ1) is 23.0. The number of para-hydroxylation sites is 1. The molecule has 0 bridgehead atoms. The van der Waals surface area contributed by atoms with Gasteiger partial charge in [-0.1, -0.05) is 36.0 Å². The van der Waals surface area contributed by atoms with E-state index in [9.17, 15) is 14.9 Å². The maximum absolute atomic E-state index is 12.6. The highest BCUT2D eigenvalue weighted by Crippen LogP contribution is 2.29. The number of carbonyl (C=O) groups excluding carboxylic acids is 1. The zero-order valence-corrected chi connectivity index (χ0v) is 19.3. The van der Waals surface area contributed by atoms with Crippen LogP contribution in [0, 0.1) is 17.0 Å². The fourth-order valence-electron chi connectivity index (χ4n) is 3.27. The van der Waals surface area contributed by atoms with Crippen molar-refractivity contribution >= 4 is 29.0 Å². The van der Waals surface area contributed by atoms with Crippen LogP contribution in [-0.2, 0) is 4.79 Å². The molecule has 1 aromatic heterocycles. The minimum Gasteiger partial charge on any atom is -0.497 e. The van der Waals surface area contributed by atoms with Crippen LogP contribution in [0.2, 0.25) is 0 Å². The second kappa shape index (κ2) is 10.2. The normalized spacial score (nSPS) is 10.6. The quantitative estimate of drug-likeness (QED) is 0.219. The number of anilines is 1. The molecule has 1 amide bonds. The van der Waals surface area contributed by atoms with Gasteiger partial charge in [0.2, 0.25) is 5.91 Å². The molecule has 0 atom stereocenters. The van der Waals surface area contributed by atoms with E-state index in [0.29, 0.717) is 16.7 Å². The lowest BCUT2D eigenvalue weighted by atomic mass is 10.2. The van der Waals surface area contributed by atoms with Crippen LogP contribution in [0.15, 0.2) is 78.0 Å². The van der Waals surface area contributed by atoms with Crippen LogP contribution in [0.3, 0.4) is 0 Å². The number of thioether (sulfide) groups is 1. The van der Waals surface area contributed by atoms with Crippen molar-refractivity contribution in [3.8, 4) is 22.8 Å². The number of rotatable bonds is 8. The Balaban J connectivity index is 1.57. The van der Waals surface area contributed by atoms with E-state index in [2.05, 4.69) is 15.5 Å². The third-order valence-corrected chi connectivity index (χ3v) is 5.96. The minimum absolute atomic E-state index is 0.0513. The number of ether oxygens (including phenoxy) is 1. The van der Waals surface area contributed by atoms with Gasteiger partial charge >= 0.3 is 0 Å². The Kier molecular flexibility index (Phi) is 6.88. The minimum atomic E-state index is -0.493. The summed E-state index contributed by atoms with van der Waals surface area (Å²) in [5, 5.41) is 23.0. The summed E-state index contributed by atoms with van der Waals surface area (Å²) >= 11 is 1.23. The van der Waals surface area contributed by atoms with Gasteiger partial charge < -0.3 is 10.1 Å². The molecule has 3 aromatic carbocycles. The summed E-state index contributed by atoms with van der Waals surface area (Å²) in [6.07, 6.45) is 0. The predicted octanol–water partition coefficient (Wildman–Crippen LogP) is 4.89. The summed E-state index contributed by atoms with van der Waals surface area (Å²) in [4.78, 5) is 23.2. The van der Waals surface area contributed by atoms with E-state index in [4.69, 9.17) is 4.74 Å². The molecule has 1 N–H and O–H groups in total. The Labute approximate surface area is 199 Å². The number of methoxy groups -OCH3 is 1. The van der Waals surface area contributed by atoms with Gasteiger partial charge in [-0.15, -0.1) is 10.2 Å². The molecule has 0 radical (unpaired) electrons. The maximum Gasteiger partial charge on any atom is 0.271 e. The zero-order chi connectivity index (χ0) is 24.1. The summed E-state index contributed by atoms with van der Waals surface area (Å²) in [5.74, 6) is 1.11. The number of nitrogens with one attached hydrogen (secondary N) is 1. The fourth-order valence-corrected chi connectivity index (χ4v) is 4.03. The molecule has 0 fully saturated rings. The molecule has 0 spiro atoms. The van der Waals surface area contributed by atoms with E-state index in [1.54, 1.807) is 20.1 Å². The van der Waals surface area contributed by atoms with Crippen molar-refractivity contribution < 1.29 is 14.5 Å². The Morgan fingerprint density at radius 3 is 2.50 bits per heavy atom. The lowest BCUT2D eigenvalue weighted by Gasteiger charge is -2.11. The molecule has 9 nitrogen and oxygen atoms in total. The van der Waals surface area contributed by atoms with Crippen LogP contribution in [-0.4, -0.2) is 38.5 Å². The van der Waals surface area contributed by atoms with Crippen LogP contribution >= 0.6 is 11.8 Å². The van der Waals surface area contributed by atoms with Crippen molar-refractivity contribution in [2.45, 2.75) is 12.1 Å². The SMILES string of the molecule is COc1ccc(-c2nnc(SCC(=O)Nc3cc([N+](=O)[O-])ccc3C)n2-c2ccccc2)cc1. The van der Waals surface area contributed by atoms with E-state index in [0.717, 1.165) is 22.6 Å². The second-order valence-electron chi connectivity index (χ2n) is 7.30. The summed E-state index contributed by atoms with van der Waals surface area (Å²) < 4.78 is 7.13. The number of amides is 1. The lowest BCUT2D eigenvalue weighted by Crippen LogP contribution is -2.15. The third-order valence-electron chi connectivity index (χ3n) is 5.03. The van der Waals surface area contributed by atoms with E-state index in [-0.39, 0.29) is 17.3 Å². The first-order valence-corrected chi connectivity index (χ1v) is 11.3. The molecule has 1 heterocycles. The number of non-ortho nitro benzene ring substituents is 1. The van der Waals surface area contributed by atoms with Crippen LogP contribution in [0.5, 0.6) is 5.75 Å². The molecule has 0 aliphatic heterocycles. The van der Waals surface area contributed by atoms with Crippen molar-refractivity contribution in [2.24, 2.45) is 0 Å². The van der Waals surface area contributed by atoms with Crippen molar-refractivity contribution in [1.82, 2.24) is 14.8 Å². The Morgan fingerprint density at radius 2 is 1.82 bits per heavy atom. The molecule has 172 valence electrons. The van der Waals surface area contributed by atoms with Crippen molar-refractivity contribution in [3.63, 3.8) is 0 Å². The first-order chi connectivity index (χ1) is 16.5. The zero-order valence-electron chi connectivity index (χ0n) is 18.5. The highest BCUT2D eigenvalue weighted by Gasteiger charge is 2.18. The monoisotopic (exact) mass is 475 g/mol. The molecule has 0 aliphatic carbocycles. The van der Waals surface area contributed by atoms with E-state index in [1.807, 2.05) is 59.2 Å². The largest absolute Gasteiger partial charge is 0.497 e. The van der Waals surface area contributed by atoms with Crippen molar-refractivity contribution in [1.29, 1.82) is 0 Å². The highest BCUT2D eigenvalue weighted by molar-refractivity contribution is 7.99. The molecule has 34 heavy (non-hydrogen) atoms. The maximum atomic E-state index is 12.6. The Bertz CT molecular complexity index is 1320. The van der Waals surface area contributed by atoms with Crippen LogP contribution in [0.25, 0.3) is 17.1 Å². The Morgan fingerprint density at radius 1 is 1.09 bits per heavy atom. The van der Waals surface area contributed by atoms with Gasteiger partial charge in [0, 0.05) is 23.4 Å². The Hall–Kier alpha value is -4.18. The van der Waals surface area contributed by atoms with Gasteiger partial charge in [0.1, 0.15) is 5.75 Å². The van der Waals surface area contributed by atoms with Gasteiger partial charge in [0.05, 0.1) is 23.5 Å². The molecule has 0 unspecified atom stereocenters. The van der Waals surface area contributed by atoms with Crippen LogP contribution in [0.4, 0.5) is 11.4 Å². The van der Waals surface area contributed by atoms with Gasteiger partial charge in [0.25, 0.3) is 5.69 Å². The van der Waals surface area contributed by atoms with Crippen LogP contribution in [0.1, 0.15) is 5.56 Å². The molecule has 4 aromatic rings. The van der Waals surface area contributed by atoms with Gasteiger partial charge in [-0.2, -0.15) is 0 Å². The predicted molar refractivity (Wildman–Crippen MR) is 131 cm³/mol. The molecule has 0 saturated carbocycles. The van der Waals surface area contributed by atoms with E-state index in [1.165, 1.54) is 23.9 Å². The second-order valence-corrected chi connectivity index (χ2v) is 8.24. The molecule has 0 saturated heterocycles. The smallest absolute Gasteiger partial charge is 0.271 e. The summed E-state index contributed by atoms with van der Waals surface area (Å²) in [6.45, 7) is 1.78. The standard InChI is InChI=1S/C24H21N5O4S/c1-16-8-11-19(29(31)32)14-21(16)25-22(30)15-34-24-27-26-23(17-9-12-20(33-2)13-10-17)28(24)18-6-4-3-5-7-18/h3-14H,15H2,1-2H3,(H,25,30). The molecular formula is C24H21N5O4S. The number of nitrogens with zero attached hydrogens (tertiary/aromatic N) is 4. The molecule has 0 aliphatic rings. The average molecular weight is 476 g/mol. The number of aromatic nitrogens is 3. The first-order valence-electron chi connectivity index (χ1n) is 10.3. The third kappa shape index (κ3) is 5.07. The number of hydrogen-bond donors (Lipinski definition) is 1. The summed E-state index contributed by atoms with van der Waals surface area (Å²) in [7, 11) is 1.61. The van der Waals surface area contributed by atoms with Gasteiger partial charge in [-0.3, -0.25) is 19.5 Å². The average Bonchev–Trinajstić information content (AvgIpc) is 3.28. The number of nitro benzene ring substituents is 1. The van der Waals surface area contributed by atoms with E-state index >= 15 is 0 Å². The highest BCUT2D eigenvalue weighted by atomic mass is 32.2. The van der Waals surface area contributed by atoms with Gasteiger partial charge in [-0.25, -0.2) is 0 Å². The van der Waals surface area contributed by atoms with Crippen LogP contribution < -0.4 is 10.1 Å². The van der Waals surface area contributed by atoms with Gasteiger partial charge in [0.15, 0.2) is 11.0 Å². The summed E-state index contributed by atoms with van der Waals surface area (Å²) in [6, 6.07) is 21.5. The molecule has 4 rings (SSSR count). The molecule has 10 heteroatoms. The number of carbonyl (C=O) groups is 1. The number of hydrogen-bond acceptors (Lipinski definition) is 7. The number of aryl methyl sites for hydroxylation is 1. The van der Waals surface area contributed by atoms with Gasteiger partial charge in [-0.05, 0) is 48.9 Å². The topological polar surface area (TPSA) is 112 Å². The lowest BCUT2D eigenvalue weighted by molar-refractivity contribution is -0.384.